The smallest absolute Gasteiger partial charge is 0.408 e. The highest BCUT2D eigenvalue weighted by atomic mass is 16.6. The number of amides is 4. The molecule has 0 radical (unpaired) electrons. The third-order valence-corrected chi connectivity index (χ3v) is 8.61. The Balaban J connectivity index is 1.87. The van der Waals surface area contributed by atoms with Crippen LogP contribution < -0.4 is 16.4 Å². The van der Waals surface area contributed by atoms with E-state index in [1.54, 1.807) is 25.7 Å². The lowest BCUT2D eigenvalue weighted by molar-refractivity contribution is -0.143. The molecule has 2 saturated carbocycles. The summed E-state index contributed by atoms with van der Waals surface area (Å²) in [7, 11) is 0. The van der Waals surface area contributed by atoms with Gasteiger partial charge in [-0.05, 0) is 75.0 Å². The number of nitrogens with zero attached hydrogens (tertiary/aromatic N) is 1. The van der Waals surface area contributed by atoms with Crippen molar-refractivity contribution < 1.29 is 28.7 Å². The number of likely N-dealkylation sites (tertiary alicyclic amines) is 1. The highest BCUT2D eigenvalue weighted by Crippen LogP contribution is 2.62. The van der Waals surface area contributed by atoms with Crippen molar-refractivity contribution in [2.75, 3.05) is 6.54 Å². The van der Waals surface area contributed by atoms with Gasteiger partial charge in [0.1, 0.15) is 17.7 Å². The average molecular weight is 563 g/mol. The number of ether oxygens (including phenoxy) is 1. The highest BCUT2D eigenvalue weighted by molar-refractivity contribution is 6.37. The molecule has 4 N–H and O–H groups in total. The molecule has 1 spiro atoms. The lowest BCUT2D eigenvalue weighted by atomic mass is 9.80. The number of nitrogens with two attached hydrogens (primary N) is 1. The third kappa shape index (κ3) is 7.75. The number of rotatable bonds is 10. The van der Waals surface area contributed by atoms with Crippen LogP contribution in [-0.2, 0) is 23.9 Å². The number of carbonyl (C=O) groups excluding carboxylic acids is 5. The molecule has 2 unspecified atom stereocenters. The molecule has 0 bridgehead atoms. The van der Waals surface area contributed by atoms with Gasteiger partial charge in [0.2, 0.25) is 17.6 Å². The first kappa shape index (κ1) is 31.9. The fourth-order valence-corrected chi connectivity index (χ4v) is 6.23. The van der Waals surface area contributed by atoms with Crippen LogP contribution in [0, 0.1) is 28.6 Å². The quantitative estimate of drug-likeness (QED) is 0.348. The lowest BCUT2D eigenvalue weighted by Crippen LogP contribution is -2.59. The van der Waals surface area contributed by atoms with Gasteiger partial charge in [-0.3, -0.25) is 19.2 Å². The first-order chi connectivity index (χ1) is 18.3. The molecule has 226 valence electrons. The Morgan fingerprint density at radius 3 is 2.08 bits per heavy atom. The van der Waals surface area contributed by atoms with Crippen molar-refractivity contribution in [1.82, 2.24) is 15.5 Å². The molecule has 10 nitrogen and oxygen atoms in total. The van der Waals surface area contributed by atoms with E-state index in [1.165, 1.54) is 0 Å². The molecular weight excluding hydrogens is 512 g/mol. The molecule has 0 aromatic rings. The van der Waals surface area contributed by atoms with Gasteiger partial charge in [0.15, 0.2) is 0 Å². The van der Waals surface area contributed by atoms with E-state index >= 15 is 0 Å². The fraction of sp³-hybridized carbons (Fsp3) is 0.833. The van der Waals surface area contributed by atoms with Crippen LogP contribution >= 0.6 is 0 Å². The monoisotopic (exact) mass is 562 g/mol. The average Bonchev–Trinajstić information content (AvgIpc) is 3.25. The molecule has 2 aliphatic carbocycles. The Morgan fingerprint density at radius 1 is 0.975 bits per heavy atom. The SMILES string of the molecule is CC(C)C[C@@H]1C[C@]12CC(C(=O)NC(CC1CCC1)C(=O)C(N)=O)N(C(=O)[C@@H](NC(=O)OC(C)(C)C)C(C)(C)C)C2. The summed E-state index contributed by atoms with van der Waals surface area (Å²) in [5, 5.41) is 5.56. The van der Waals surface area contributed by atoms with E-state index in [-0.39, 0.29) is 17.2 Å². The fourth-order valence-electron chi connectivity index (χ4n) is 6.23. The zero-order valence-electron chi connectivity index (χ0n) is 25.6. The first-order valence-electron chi connectivity index (χ1n) is 14.8. The zero-order valence-corrected chi connectivity index (χ0v) is 25.6. The summed E-state index contributed by atoms with van der Waals surface area (Å²) in [6, 6.07) is -2.76. The number of alkyl carbamates (subject to hydrolysis) is 1. The van der Waals surface area contributed by atoms with E-state index < -0.39 is 52.8 Å². The highest BCUT2D eigenvalue weighted by Gasteiger charge is 2.62. The van der Waals surface area contributed by atoms with Crippen molar-refractivity contribution in [3.63, 3.8) is 0 Å². The molecule has 0 aromatic carbocycles. The summed E-state index contributed by atoms with van der Waals surface area (Å²) in [5.41, 5.74) is 3.74. The molecule has 10 heteroatoms. The van der Waals surface area contributed by atoms with E-state index in [1.807, 2.05) is 20.8 Å². The Morgan fingerprint density at radius 2 is 1.60 bits per heavy atom. The van der Waals surface area contributed by atoms with Gasteiger partial charge < -0.3 is 26.0 Å². The van der Waals surface area contributed by atoms with E-state index in [9.17, 15) is 24.0 Å². The summed E-state index contributed by atoms with van der Waals surface area (Å²) in [5.74, 6) is -1.57. The molecule has 3 aliphatic rings. The maximum Gasteiger partial charge on any atom is 0.408 e. The summed E-state index contributed by atoms with van der Waals surface area (Å²) in [4.78, 5) is 66.7. The van der Waals surface area contributed by atoms with E-state index in [4.69, 9.17) is 10.5 Å². The van der Waals surface area contributed by atoms with Crippen LogP contribution in [-0.4, -0.2) is 64.8 Å². The lowest BCUT2D eigenvalue weighted by Gasteiger charge is -2.36. The number of nitrogens with one attached hydrogen (secondary N) is 2. The van der Waals surface area contributed by atoms with Crippen molar-refractivity contribution >= 4 is 29.6 Å². The minimum atomic E-state index is -1.08. The van der Waals surface area contributed by atoms with Gasteiger partial charge in [0.05, 0.1) is 6.04 Å². The van der Waals surface area contributed by atoms with Crippen molar-refractivity contribution in [1.29, 1.82) is 0 Å². The molecule has 4 amide bonds. The van der Waals surface area contributed by atoms with Gasteiger partial charge in [-0.1, -0.05) is 53.9 Å². The van der Waals surface area contributed by atoms with Crippen LogP contribution in [0.1, 0.15) is 100 Å². The van der Waals surface area contributed by atoms with Gasteiger partial charge in [0.25, 0.3) is 5.91 Å². The molecule has 3 fully saturated rings. The van der Waals surface area contributed by atoms with Crippen LogP contribution in [0.3, 0.4) is 0 Å². The van der Waals surface area contributed by atoms with Crippen LogP contribution in [0.5, 0.6) is 0 Å². The van der Waals surface area contributed by atoms with Crippen molar-refractivity contribution in [2.24, 2.45) is 34.3 Å². The molecule has 1 aliphatic heterocycles. The molecular formula is C30H50N4O6. The third-order valence-electron chi connectivity index (χ3n) is 8.61. The maximum atomic E-state index is 14.1. The van der Waals surface area contributed by atoms with Gasteiger partial charge in [0, 0.05) is 6.54 Å². The minimum absolute atomic E-state index is 0.173. The first-order valence-corrected chi connectivity index (χ1v) is 14.8. The van der Waals surface area contributed by atoms with Gasteiger partial charge in [-0.2, -0.15) is 0 Å². The number of ketones is 1. The Bertz CT molecular complexity index is 1010. The number of carbonyl (C=O) groups is 5. The van der Waals surface area contributed by atoms with Crippen LogP contribution in [0.4, 0.5) is 4.79 Å². The van der Waals surface area contributed by atoms with E-state index in [0.29, 0.717) is 31.2 Å². The largest absolute Gasteiger partial charge is 0.444 e. The summed E-state index contributed by atoms with van der Waals surface area (Å²) >= 11 is 0. The number of hydrogen-bond acceptors (Lipinski definition) is 6. The number of Topliss-reactive ketones (excluding diaryl/α,β-unsaturated/α-hetero) is 1. The molecule has 1 saturated heterocycles. The standard InChI is InChI=1S/C30H50N4O6/c1-17(2)12-19-14-30(19)15-21(25(37)32-20(22(35)24(31)36)13-18-10-9-11-18)34(16-30)26(38)23(28(3,4)5)33-27(39)40-29(6,7)8/h17-21,23H,9-16H2,1-8H3,(H2,31,36)(H,32,37)(H,33,39)/t19-,20?,21?,23-,30-/m1/s1. The van der Waals surface area contributed by atoms with Crippen LogP contribution in [0.2, 0.25) is 0 Å². The second-order valence-electron chi connectivity index (χ2n) is 14.8. The Kier molecular flexibility index (Phi) is 9.31. The van der Waals surface area contributed by atoms with Crippen molar-refractivity contribution in [3.8, 4) is 0 Å². The predicted octanol–water partition coefficient (Wildman–Crippen LogP) is 3.31. The summed E-state index contributed by atoms with van der Waals surface area (Å²) < 4.78 is 5.44. The second-order valence-corrected chi connectivity index (χ2v) is 14.8. The normalized spacial score (nSPS) is 26.2. The van der Waals surface area contributed by atoms with Gasteiger partial charge in [-0.15, -0.1) is 0 Å². The Labute approximate surface area is 238 Å². The summed E-state index contributed by atoms with van der Waals surface area (Å²) in [6.07, 6.45) is 4.99. The van der Waals surface area contributed by atoms with E-state index in [0.717, 1.165) is 32.1 Å². The molecule has 3 rings (SSSR count). The van der Waals surface area contributed by atoms with Crippen molar-refractivity contribution in [2.45, 2.75) is 124 Å². The van der Waals surface area contributed by atoms with Crippen LogP contribution in [0.25, 0.3) is 0 Å². The van der Waals surface area contributed by atoms with Gasteiger partial charge in [-0.25, -0.2) is 4.79 Å². The predicted molar refractivity (Wildman–Crippen MR) is 151 cm³/mol. The van der Waals surface area contributed by atoms with Crippen molar-refractivity contribution in [3.05, 3.63) is 0 Å². The maximum absolute atomic E-state index is 14.1. The minimum Gasteiger partial charge on any atom is -0.444 e. The molecule has 40 heavy (non-hydrogen) atoms. The summed E-state index contributed by atoms with van der Waals surface area (Å²) in [6.45, 7) is 15.5. The van der Waals surface area contributed by atoms with E-state index in [2.05, 4.69) is 24.5 Å². The zero-order chi connectivity index (χ0) is 30.2. The molecule has 5 atom stereocenters. The number of hydrogen-bond donors (Lipinski definition) is 3. The molecule has 0 aromatic heterocycles. The molecule has 1 heterocycles. The second kappa shape index (κ2) is 11.7. The topological polar surface area (TPSA) is 148 Å². The number of primary amides is 1. The van der Waals surface area contributed by atoms with Crippen LogP contribution in [0.15, 0.2) is 0 Å². The Hall–Kier alpha value is -2.65. The van der Waals surface area contributed by atoms with Gasteiger partial charge >= 0.3 is 6.09 Å².